The lowest BCUT2D eigenvalue weighted by molar-refractivity contribution is -0.182. The second-order valence-electron chi connectivity index (χ2n) is 6.19. The lowest BCUT2D eigenvalue weighted by atomic mass is 9.85. The van der Waals surface area contributed by atoms with Gasteiger partial charge in [-0.15, -0.1) is 0 Å². The number of nitrogens with one attached hydrogen (secondary N) is 2. The normalized spacial score (nSPS) is 33.8. The Hall–Kier alpha value is -0.630. The van der Waals surface area contributed by atoms with Crippen LogP contribution in [0, 0.1) is 5.92 Å². The molecule has 1 atom stereocenters. The standard InChI is InChI=1S/C14H24F3N3OS/c1-18-12(19-8-13(21)6-7-22-9-13)20-11-4-2-10(3-5-11)14(15,16)17/h10-11,21H,2-9H2,1H3,(H2,18,19,20). The Balaban J connectivity index is 1.75. The summed E-state index contributed by atoms with van der Waals surface area (Å²) in [5.41, 5.74) is -0.712. The topological polar surface area (TPSA) is 56.7 Å². The molecule has 2 rings (SSSR count). The van der Waals surface area contributed by atoms with Gasteiger partial charge in [-0.3, -0.25) is 4.99 Å². The maximum absolute atomic E-state index is 12.6. The van der Waals surface area contributed by atoms with E-state index in [1.807, 2.05) is 0 Å². The van der Waals surface area contributed by atoms with E-state index in [9.17, 15) is 18.3 Å². The summed E-state index contributed by atoms with van der Waals surface area (Å²) in [5.74, 6) is 1.04. The first-order valence-corrected chi connectivity index (χ1v) is 8.82. The van der Waals surface area contributed by atoms with Crippen molar-refractivity contribution in [1.29, 1.82) is 0 Å². The van der Waals surface area contributed by atoms with Crippen molar-refractivity contribution in [3.63, 3.8) is 0 Å². The van der Waals surface area contributed by atoms with Crippen molar-refractivity contribution in [3.8, 4) is 0 Å². The number of aliphatic hydroxyl groups is 1. The van der Waals surface area contributed by atoms with Crippen molar-refractivity contribution in [2.24, 2.45) is 10.9 Å². The van der Waals surface area contributed by atoms with Gasteiger partial charge in [-0.05, 0) is 37.9 Å². The van der Waals surface area contributed by atoms with Crippen LogP contribution in [0.3, 0.4) is 0 Å². The zero-order valence-electron chi connectivity index (χ0n) is 12.7. The van der Waals surface area contributed by atoms with Gasteiger partial charge in [0.25, 0.3) is 0 Å². The summed E-state index contributed by atoms with van der Waals surface area (Å²) in [6, 6.07) is 0.0115. The van der Waals surface area contributed by atoms with Crippen molar-refractivity contribution < 1.29 is 18.3 Å². The number of rotatable bonds is 3. The zero-order valence-corrected chi connectivity index (χ0v) is 13.6. The summed E-state index contributed by atoms with van der Waals surface area (Å²) in [7, 11) is 1.63. The van der Waals surface area contributed by atoms with Crippen LogP contribution < -0.4 is 10.6 Å². The van der Waals surface area contributed by atoms with Gasteiger partial charge in [-0.2, -0.15) is 24.9 Å². The highest BCUT2D eigenvalue weighted by atomic mass is 32.2. The molecule has 0 bridgehead atoms. The highest BCUT2D eigenvalue weighted by molar-refractivity contribution is 7.99. The molecule has 1 heterocycles. The van der Waals surface area contributed by atoms with Crippen molar-refractivity contribution in [1.82, 2.24) is 10.6 Å². The number of aliphatic imine (C=N–C) groups is 1. The molecular weight excluding hydrogens is 315 g/mol. The van der Waals surface area contributed by atoms with E-state index in [2.05, 4.69) is 15.6 Å². The lowest BCUT2D eigenvalue weighted by Crippen LogP contribution is -2.50. The highest BCUT2D eigenvalue weighted by Gasteiger charge is 2.41. The van der Waals surface area contributed by atoms with Gasteiger partial charge in [0, 0.05) is 25.4 Å². The van der Waals surface area contributed by atoms with Crippen molar-refractivity contribution in [2.75, 3.05) is 25.1 Å². The lowest BCUT2D eigenvalue weighted by Gasteiger charge is -2.31. The van der Waals surface area contributed by atoms with E-state index >= 15 is 0 Å². The van der Waals surface area contributed by atoms with Crippen LogP contribution in [0.25, 0.3) is 0 Å². The third-order valence-electron chi connectivity index (χ3n) is 4.42. The summed E-state index contributed by atoms with van der Waals surface area (Å²) in [4.78, 5) is 4.10. The van der Waals surface area contributed by atoms with Crippen LogP contribution in [-0.4, -0.2) is 54.0 Å². The van der Waals surface area contributed by atoms with Crippen LogP contribution in [-0.2, 0) is 0 Å². The van der Waals surface area contributed by atoms with Crippen LogP contribution in [0.2, 0.25) is 0 Å². The van der Waals surface area contributed by atoms with Crippen LogP contribution in [0.15, 0.2) is 4.99 Å². The minimum atomic E-state index is -4.08. The molecule has 0 aromatic carbocycles. The van der Waals surface area contributed by atoms with Gasteiger partial charge < -0.3 is 15.7 Å². The van der Waals surface area contributed by atoms with E-state index in [1.165, 1.54) is 0 Å². The van der Waals surface area contributed by atoms with E-state index in [4.69, 9.17) is 0 Å². The van der Waals surface area contributed by atoms with Gasteiger partial charge in [0.05, 0.1) is 11.5 Å². The minimum absolute atomic E-state index is 0.0115. The first-order valence-electron chi connectivity index (χ1n) is 7.66. The SMILES string of the molecule is CN=C(NCC1(O)CCSC1)NC1CCC(C(F)(F)F)CC1. The molecule has 0 radical (unpaired) electrons. The van der Waals surface area contributed by atoms with E-state index in [-0.39, 0.29) is 18.9 Å². The molecule has 0 amide bonds. The molecule has 22 heavy (non-hydrogen) atoms. The number of nitrogens with zero attached hydrogens (tertiary/aromatic N) is 1. The fourth-order valence-electron chi connectivity index (χ4n) is 2.94. The fraction of sp³-hybridized carbons (Fsp3) is 0.929. The van der Waals surface area contributed by atoms with E-state index in [0.717, 1.165) is 12.2 Å². The van der Waals surface area contributed by atoms with Crippen LogP contribution >= 0.6 is 11.8 Å². The number of thioether (sulfide) groups is 1. The van der Waals surface area contributed by atoms with Crippen molar-refractivity contribution in [2.45, 2.75) is 49.9 Å². The Kier molecular flexibility index (Phi) is 5.87. The molecule has 2 aliphatic rings. The molecule has 2 fully saturated rings. The quantitative estimate of drug-likeness (QED) is 0.545. The Morgan fingerprint density at radius 3 is 2.50 bits per heavy atom. The predicted molar refractivity (Wildman–Crippen MR) is 83.2 cm³/mol. The molecule has 8 heteroatoms. The van der Waals surface area contributed by atoms with Gasteiger partial charge in [-0.1, -0.05) is 0 Å². The largest absolute Gasteiger partial charge is 0.391 e. The molecule has 1 saturated heterocycles. The van der Waals surface area contributed by atoms with Gasteiger partial charge in [0.2, 0.25) is 0 Å². The monoisotopic (exact) mass is 339 g/mol. The summed E-state index contributed by atoms with van der Waals surface area (Å²) in [6.07, 6.45) is -2.01. The van der Waals surface area contributed by atoms with Crippen molar-refractivity contribution in [3.05, 3.63) is 0 Å². The average Bonchev–Trinajstić information content (AvgIpc) is 2.90. The van der Waals surface area contributed by atoms with Crippen molar-refractivity contribution >= 4 is 17.7 Å². The Labute approximate surface area is 133 Å². The molecule has 0 aromatic rings. The Bertz CT molecular complexity index is 389. The molecule has 1 aliphatic carbocycles. The predicted octanol–water partition coefficient (Wildman–Crippen LogP) is 2.14. The Morgan fingerprint density at radius 1 is 1.32 bits per heavy atom. The van der Waals surface area contributed by atoms with Crippen LogP contribution in [0.1, 0.15) is 32.1 Å². The van der Waals surface area contributed by atoms with Gasteiger partial charge in [0.1, 0.15) is 0 Å². The number of halogens is 3. The molecular formula is C14H24F3N3OS. The number of hydrogen-bond donors (Lipinski definition) is 3. The van der Waals surface area contributed by atoms with E-state index < -0.39 is 17.7 Å². The third-order valence-corrected chi connectivity index (χ3v) is 5.66. The van der Waals surface area contributed by atoms with Gasteiger partial charge in [-0.25, -0.2) is 0 Å². The minimum Gasteiger partial charge on any atom is -0.387 e. The average molecular weight is 339 g/mol. The van der Waals surface area contributed by atoms with E-state index in [1.54, 1.807) is 18.8 Å². The number of hydrogen-bond acceptors (Lipinski definition) is 3. The highest BCUT2D eigenvalue weighted by Crippen LogP contribution is 2.37. The van der Waals surface area contributed by atoms with Gasteiger partial charge in [0.15, 0.2) is 5.96 Å². The maximum Gasteiger partial charge on any atom is 0.391 e. The molecule has 128 valence electrons. The molecule has 3 N–H and O–H groups in total. The number of alkyl halides is 3. The first-order chi connectivity index (χ1) is 10.3. The van der Waals surface area contributed by atoms with Crippen LogP contribution in [0.5, 0.6) is 0 Å². The van der Waals surface area contributed by atoms with Crippen LogP contribution in [0.4, 0.5) is 13.2 Å². The molecule has 1 saturated carbocycles. The van der Waals surface area contributed by atoms with Gasteiger partial charge >= 0.3 is 6.18 Å². The fourth-order valence-corrected chi connectivity index (χ4v) is 4.23. The molecule has 0 aromatic heterocycles. The molecule has 1 aliphatic heterocycles. The summed E-state index contributed by atoms with van der Waals surface area (Å²) in [5, 5.41) is 16.5. The second kappa shape index (κ2) is 7.29. The summed E-state index contributed by atoms with van der Waals surface area (Å²) in [6.45, 7) is 0.414. The summed E-state index contributed by atoms with van der Waals surface area (Å²) < 4.78 is 37.9. The maximum atomic E-state index is 12.6. The summed E-state index contributed by atoms with van der Waals surface area (Å²) >= 11 is 1.72. The molecule has 4 nitrogen and oxygen atoms in total. The first kappa shape index (κ1) is 17.7. The third kappa shape index (κ3) is 4.94. The molecule has 1 unspecified atom stereocenters. The Morgan fingerprint density at radius 2 is 2.00 bits per heavy atom. The smallest absolute Gasteiger partial charge is 0.387 e. The van der Waals surface area contributed by atoms with E-state index in [0.29, 0.717) is 31.1 Å². The second-order valence-corrected chi connectivity index (χ2v) is 7.29. The zero-order chi connectivity index (χ0) is 16.2. The molecule has 0 spiro atoms. The number of guanidine groups is 1.